The lowest BCUT2D eigenvalue weighted by Crippen LogP contribution is -2.16. The molecule has 0 spiro atoms. The largest absolute Gasteiger partial charge is 0.394 e. The molecule has 4 rings (SSSR count). The number of aliphatic hydroxyl groups is 1. The van der Waals surface area contributed by atoms with Crippen molar-refractivity contribution in [2.75, 3.05) is 11.9 Å². The van der Waals surface area contributed by atoms with Gasteiger partial charge in [-0.2, -0.15) is 0 Å². The molecule has 10 nitrogen and oxygen atoms in total. The molecule has 156 valence electrons. The van der Waals surface area contributed by atoms with Gasteiger partial charge in [-0.15, -0.1) is 5.10 Å². The van der Waals surface area contributed by atoms with Gasteiger partial charge in [-0.25, -0.2) is 9.67 Å². The molecule has 4 heterocycles. The fraction of sp³-hybridized carbons (Fsp3) is 0.190. The first-order valence-electron chi connectivity index (χ1n) is 9.61. The average molecular weight is 416 g/mol. The van der Waals surface area contributed by atoms with Crippen LogP contribution < -0.4 is 5.32 Å². The van der Waals surface area contributed by atoms with E-state index in [0.717, 1.165) is 16.7 Å². The van der Waals surface area contributed by atoms with Gasteiger partial charge in [0.25, 0.3) is 5.91 Å². The van der Waals surface area contributed by atoms with Gasteiger partial charge in [-0.1, -0.05) is 12.1 Å². The topological polar surface area (TPSA) is 132 Å². The van der Waals surface area contributed by atoms with Crippen LogP contribution in [0, 0.1) is 6.92 Å². The number of aryl methyl sites for hydroxylation is 1. The number of aromatic nitrogens is 7. The van der Waals surface area contributed by atoms with E-state index in [4.69, 9.17) is 0 Å². The number of carbonyl (C=O) groups is 1. The zero-order valence-corrected chi connectivity index (χ0v) is 17.0. The molecule has 1 unspecified atom stereocenters. The number of nitrogens with one attached hydrogen (secondary N) is 1. The number of carbonyl (C=O) groups excluding carboxylic acids is 1. The highest BCUT2D eigenvalue weighted by Crippen LogP contribution is 2.23. The Morgan fingerprint density at radius 3 is 2.87 bits per heavy atom. The maximum atomic E-state index is 12.8. The van der Waals surface area contributed by atoms with E-state index in [2.05, 4.69) is 35.8 Å². The van der Waals surface area contributed by atoms with Crippen LogP contribution >= 0.6 is 0 Å². The maximum Gasteiger partial charge on any atom is 0.275 e. The summed E-state index contributed by atoms with van der Waals surface area (Å²) in [4.78, 5) is 25.7. The van der Waals surface area contributed by atoms with E-state index in [9.17, 15) is 9.90 Å². The SMILES string of the molecule is Cc1cnc(C(=O)Nc2cccc(-c3nnnn3C(C)CO)n2)cc1-c1cccnc1. The monoisotopic (exact) mass is 416 g/mol. The predicted molar refractivity (Wildman–Crippen MR) is 113 cm³/mol. The second-order valence-electron chi connectivity index (χ2n) is 6.97. The molecule has 0 radical (unpaired) electrons. The van der Waals surface area contributed by atoms with E-state index >= 15 is 0 Å². The third kappa shape index (κ3) is 4.28. The van der Waals surface area contributed by atoms with Gasteiger partial charge < -0.3 is 10.4 Å². The summed E-state index contributed by atoms with van der Waals surface area (Å²) in [5.74, 6) is 0.335. The third-order valence-corrected chi connectivity index (χ3v) is 4.70. The van der Waals surface area contributed by atoms with Crippen LogP contribution in [-0.2, 0) is 0 Å². The lowest BCUT2D eigenvalue weighted by Gasteiger charge is -2.11. The molecule has 0 aliphatic rings. The minimum absolute atomic E-state index is 0.118. The molecule has 4 aromatic rings. The molecule has 1 atom stereocenters. The number of amides is 1. The molecular formula is C21H20N8O2. The Hall–Kier alpha value is -4.05. The molecule has 0 saturated carbocycles. The fourth-order valence-electron chi connectivity index (χ4n) is 3.03. The Kier molecular flexibility index (Phi) is 5.72. The Labute approximate surface area is 178 Å². The summed E-state index contributed by atoms with van der Waals surface area (Å²) >= 11 is 0. The average Bonchev–Trinajstić information content (AvgIpc) is 3.29. The molecular weight excluding hydrogens is 396 g/mol. The highest BCUT2D eigenvalue weighted by atomic mass is 16.3. The zero-order valence-electron chi connectivity index (χ0n) is 17.0. The first kappa shape index (κ1) is 20.2. The molecule has 0 aromatic carbocycles. The second-order valence-corrected chi connectivity index (χ2v) is 6.97. The first-order chi connectivity index (χ1) is 15.1. The maximum absolute atomic E-state index is 12.8. The summed E-state index contributed by atoms with van der Waals surface area (Å²) in [7, 11) is 0. The van der Waals surface area contributed by atoms with E-state index in [1.165, 1.54) is 4.68 Å². The van der Waals surface area contributed by atoms with Crippen molar-refractivity contribution in [2.24, 2.45) is 0 Å². The molecule has 0 aliphatic heterocycles. The van der Waals surface area contributed by atoms with E-state index < -0.39 is 5.91 Å². The van der Waals surface area contributed by atoms with Crippen LogP contribution in [0.15, 0.2) is 55.0 Å². The number of hydrogen-bond donors (Lipinski definition) is 2. The Morgan fingerprint density at radius 2 is 2.10 bits per heavy atom. The molecule has 4 aromatic heterocycles. The number of pyridine rings is 3. The van der Waals surface area contributed by atoms with Crippen molar-refractivity contribution in [1.29, 1.82) is 0 Å². The molecule has 0 saturated heterocycles. The minimum Gasteiger partial charge on any atom is -0.394 e. The van der Waals surface area contributed by atoms with Crippen molar-refractivity contribution >= 4 is 11.7 Å². The van der Waals surface area contributed by atoms with Crippen molar-refractivity contribution in [1.82, 2.24) is 35.2 Å². The van der Waals surface area contributed by atoms with Crippen LogP contribution in [0.25, 0.3) is 22.6 Å². The van der Waals surface area contributed by atoms with Crippen molar-refractivity contribution in [3.63, 3.8) is 0 Å². The van der Waals surface area contributed by atoms with Gasteiger partial charge in [0.2, 0.25) is 5.82 Å². The zero-order chi connectivity index (χ0) is 21.8. The van der Waals surface area contributed by atoms with E-state index in [1.807, 2.05) is 19.1 Å². The minimum atomic E-state index is -0.391. The Balaban J connectivity index is 1.59. The van der Waals surface area contributed by atoms with Crippen LogP contribution in [-0.4, -0.2) is 52.8 Å². The molecule has 0 aliphatic carbocycles. The molecule has 2 N–H and O–H groups in total. The Bertz CT molecular complexity index is 1210. The molecule has 10 heteroatoms. The third-order valence-electron chi connectivity index (χ3n) is 4.70. The van der Waals surface area contributed by atoms with Crippen molar-refractivity contribution in [3.05, 3.63) is 66.2 Å². The lowest BCUT2D eigenvalue weighted by molar-refractivity contribution is 0.102. The van der Waals surface area contributed by atoms with Gasteiger partial charge in [-0.05, 0) is 59.7 Å². The summed E-state index contributed by atoms with van der Waals surface area (Å²) in [5, 5.41) is 23.7. The summed E-state index contributed by atoms with van der Waals surface area (Å²) in [5.41, 5.74) is 3.45. The Morgan fingerprint density at radius 1 is 1.23 bits per heavy atom. The van der Waals surface area contributed by atoms with Gasteiger partial charge >= 0.3 is 0 Å². The van der Waals surface area contributed by atoms with Crippen LogP contribution in [0.4, 0.5) is 5.82 Å². The number of tetrazole rings is 1. The van der Waals surface area contributed by atoms with E-state index in [-0.39, 0.29) is 18.3 Å². The van der Waals surface area contributed by atoms with Crippen LogP contribution in [0.1, 0.15) is 29.0 Å². The fourth-order valence-corrected chi connectivity index (χ4v) is 3.03. The molecule has 0 fully saturated rings. The number of nitrogens with zero attached hydrogens (tertiary/aromatic N) is 7. The number of aliphatic hydroxyl groups excluding tert-OH is 1. The van der Waals surface area contributed by atoms with Gasteiger partial charge in [0.05, 0.1) is 12.6 Å². The highest BCUT2D eigenvalue weighted by Gasteiger charge is 2.17. The van der Waals surface area contributed by atoms with Gasteiger partial charge in [-0.3, -0.25) is 14.8 Å². The predicted octanol–water partition coefficient (Wildman–Crippen LogP) is 2.31. The van der Waals surface area contributed by atoms with E-state index in [0.29, 0.717) is 17.3 Å². The summed E-state index contributed by atoms with van der Waals surface area (Å²) < 4.78 is 1.48. The number of rotatable bonds is 6. The summed E-state index contributed by atoms with van der Waals surface area (Å²) in [6.07, 6.45) is 5.10. The van der Waals surface area contributed by atoms with Crippen LogP contribution in [0.3, 0.4) is 0 Å². The molecule has 1 amide bonds. The summed E-state index contributed by atoms with van der Waals surface area (Å²) in [6, 6.07) is 10.3. The first-order valence-corrected chi connectivity index (χ1v) is 9.61. The highest BCUT2D eigenvalue weighted by molar-refractivity contribution is 6.03. The van der Waals surface area contributed by atoms with Crippen molar-refractivity contribution in [2.45, 2.75) is 19.9 Å². The summed E-state index contributed by atoms with van der Waals surface area (Å²) in [6.45, 7) is 3.60. The quantitative estimate of drug-likeness (QED) is 0.489. The normalized spacial score (nSPS) is 11.8. The standard InChI is InChI=1S/C21H20N8O2/c1-13-10-23-18(9-16(13)15-5-4-8-22-11-15)21(31)25-19-7-3-6-17(24-19)20-26-27-28-29(20)14(2)12-30/h3-11,14,30H,12H2,1-2H3,(H,24,25,31). The number of anilines is 1. The van der Waals surface area contributed by atoms with E-state index in [1.54, 1.807) is 49.8 Å². The van der Waals surface area contributed by atoms with Crippen molar-refractivity contribution < 1.29 is 9.90 Å². The smallest absolute Gasteiger partial charge is 0.275 e. The molecule has 31 heavy (non-hydrogen) atoms. The van der Waals surface area contributed by atoms with Gasteiger partial charge in [0.15, 0.2) is 0 Å². The second kappa shape index (κ2) is 8.76. The number of hydrogen-bond acceptors (Lipinski definition) is 8. The molecule has 0 bridgehead atoms. The lowest BCUT2D eigenvalue weighted by atomic mass is 10.0. The van der Waals surface area contributed by atoms with Gasteiger partial charge in [0, 0.05) is 24.2 Å². The van der Waals surface area contributed by atoms with Crippen LogP contribution in [0.5, 0.6) is 0 Å². The van der Waals surface area contributed by atoms with Crippen LogP contribution in [0.2, 0.25) is 0 Å². The van der Waals surface area contributed by atoms with Crippen molar-refractivity contribution in [3.8, 4) is 22.6 Å². The van der Waals surface area contributed by atoms with Gasteiger partial charge in [0.1, 0.15) is 17.2 Å².